The fourth-order valence-corrected chi connectivity index (χ4v) is 3.34. The molecule has 0 spiro atoms. The topological polar surface area (TPSA) is 37.4 Å². The molecule has 0 N–H and O–H groups in total. The summed E-state index contributed by atoms with van der Waals surface area (Å²) in [7, 11) is -1.82. The highest BCUT2D eigenvalue weighted by Gasteiger charge is 2.26. The van der Waals surface area contributed by atoms with Gasteiger partial charge in [-0.2, -0.15) is 4.31 Å². The third-order valence-electron chi connectivity index (χ3n) is 3.19. The van der Waals surface area contributed by atoms with Crippen LogP contribution in [-0.4, -0.2) is 25.8 Å². The Morgan fingerprint density at radius 3 is 2.79 bits per heavy atom. The quantitative estimate of drug-likeness (QED) is 0.706. The fraction of sp³-hybridized carbons (Fsp3) is 0.571. The maximum atomic E-state index is 12.5. The number of rotatable bonds is 6. The van der Waals surface area contributed by atoms with Crippen molar-refractivity contribution in [2.75, 3.05) is 7.05 Å². The predicted molar refractivity (Wildman–Crippen MR) is 80.1 cm³/mol. The van der Waals surface area contributed by atoms with Crippen LogP contribution in [0.1, 0.15) is 39.5 Å². The van der Waals surface area contributed by atoms with Crippen LogP contribution in [0, 0.1) is 11.8 Å². The van der Waals surface area contributed by atoms with Gasteiger partial charge in [0.1, 0.15) is 0 Å². The van der Waals surface area contributed by atoms with Crippen LogP contribution in [0.5, 0.6) is 0 Å². The normalized spacial score (nSPS) is 17.1. The van der Waals surface area contributed by atoms with Gasteiger partial charge in [-0.25, -0.2) is 8.42 Å². The van der Waals surface area contributed by atoms with Gasteiger partial charge in [0.15, 0.2) is 0 Å². The van der Waals surface area contributed by atoms with Crippen molar-refractivity contribution in [2.45, 2.75) is 45.6 Å². The second kappa shape index (κ2) is 7.14. The van der Waals surface area contributed by atoms with Crippen LogP contribution in [0.15, 0.2) is 22.1 Å². The molecule has 5 heteroatoms. The summed E-state index contributed by atoms with van der Waals surface area (Å²) < 4.78 is 26.4. The third-order valence-corrected chi connectivity index (χ3v) is 5.47. The molecule has 0 aromatic heterocycles. The van der Waals surface area contributed by atoms with E-state index in [1.165, 1.54) is 10.4 Å². The van der Waals surface area contributed by atoms with Crippen LogP contribution in [-0.2, 0) is 10.0 Å². The Kier molecular flexibility index (Phi) is 6.12. The van der Waals surface area contributed by atoms with Gasteiger partial charge in [0.2, 0.25) is 10.0 Å². The molecule has 0 aliphatic heterocycles. The zero-order valence-corrected chi connectivity index (χ0v) is 13.2. The molecule has 1 aliphatic rings. The van der Waals surface area contributed by atoms with Gasteiger partial charge in [0.25, 0.3) is 0 Å². The van der Waals surface area contributed by atoms with Crippen molar-refractivity contribution in [3.63, 3.8) is 0 Å². The minimum Gasteiger partial charge on any atom is -0.207 e. The lowest BCUT2D eigenvalue weighted by molar-refractivity contribution is 0.366. The standard InChI is InChI=1S/C14H20ClNO2S/c1-4-5-7-12(2)16(3)19(17,18)14-9-6-8-13(15)10-11-14/h10-12H,4-5,7,9H2,1-3H3. The minimum absolute atomic E-state index is 0.0125. The number of unbranched alkanes of at least 4 members (excludes halogenated alkanes) is 1. The molecule has 0 saturated carbocycles. The zero-order chi connectivity index (χ0) is 14.5. The Bertz CT molecular complexity index is 538. The van der Waals surface area contributed by atoms with Gasteiger partial charge in [0, 0.05) is 19.5 Å². The first-order valence-electron chi connectivity index (χ1n) is 6.42. The van der Waals surface area contributed by atoms with Crippen molar-refractivity contribution in [1.29, 1.82) is 0 Å². The number of halogens is 1. The smallest absolute Gasteiger partial charge is 0.207 e. The van der Waals surface area contributed by atoms with E-state index in [0.29, 0.717) is 9.94 Å². The van der Waals surface area contributed by atoms with E-state index in [2.05, 4.69) is 18.8 Å². The third kappa shape index (κ3) is 4.38. The summed E-state index contributed by atoms with van der Waals surface area (Å²) in [5, 5.41) is 0.367. The molecule has 0 heterocycles. The molecule has 0 bridgehead atoms. The molecule has 0 saturated heterocycles. The summed E-state index contributed by atoms with van der Waals surface area (Å²) in [6.07, 6.45) is 6.23. The number of allylic oxidation sites excluding steroid dienone is 4. The SMILES string of the molecule is CCCCC(C)N(C)S(=O)(=O)C1=CC=C(Cl)C#CC1. The van der Waals surface area contributed by atoms with Crippen molar-refractivity contribution < 1.29 is 8.42 Å². The van der Waals surface area contributed by atoms with Crippen LogP contribution in [0.3, 0.4) is 0 Å². The number of sulfonamides is 1. The average molecular weight is 302 g/mol. The summed E-state index contributed by atoms with van der Waals surface area (Å²) in [4.78, 5) is 0.307. The van der Waals surface area contributed by atoms with E-state index >= 15 is 0 Å². The Hall–Kier alpha value is -0.760. The molecule has 1 aliphatic carbocycles. The molecule has 0 radical (unpaired) electrons. The molecule has 1 atom stereocenters. The second-order valence-corrected chi connectivity index (χ2v) is 7.10. The van der Waals surface area contributed by atoms with E-state index in [1.807, 2.05) is 6.92 Å². The van der Waals surface area contributed by atoms with Gasteiger partial charge in [0.05, 0.1) is 9.94 Å². The van der Waals surface area contributed by atoms with Gasteiger partial charge in [-0.1, -0.05) is 43.2 Å². The van der Waals surface area contributed by atoms with Crippen LogP contribution in [0.2, 0.25) is 0 Å². The van der Waals surface area contributed by atoms with Crippen LogP contribution in [0.25, 0.3) is 0 Å². The van der Waals surface area contributed by atoms with Crippen LogP contribution < -0.4 is 0 Å². The molecule has 0 fully saturated rings. The molecule has 19 heavy (non-hydrogen) atoms. The molecule has 0 aromatic rings. The summed E-state index contributed by atoms with van der Waals surface area (Å²) in [6.45, 7) is 4.02. The fourth-order valence-electron chi connectivity index (χ4n) is 1.76. The maximum absolute atomic E-state index is 12.5. The lowest BCUT2D eigenvalue weighted by atomic mass is 10.1. The van der Waals surface area contributed by atoms with Crippen molar-refractivity contribution in [3.05, 3.63) is 22.1 Å². The number of hydrogen-bond donors (Lipinski definition) is 0. The maximum Gasteiger partial charge on any atom is 0.240 e. The van der Waals surface area contributed by atoms with E-state index < -0.39 is 10.0 Å². The van der Waals surface area contributed by atoms with Crippen LogP contribution in [0.4, 0.5) is 0 Å². The first-order chi connectivity index (χ1) is 8.89. The van der Waals surface area contributed by atoms with Gasteiger partial charge >= 0.3 is 0 Å². The summed E-state index contributed by atoms with van der Waals surface area (Å²) in [5.41, 5.74) is 0. The van der Waals surface area contributed by atoms with Crippen molar-refractivity contribution in [3.8, 4) is 11.8 Å². The monoisotopic (exact) mass is 301 g/mol. The summed E-state index contributed by atoms with van der Waals surface area (Å²) in [6, 6.07) is -0.0125. The van der Waals surface area contributed by atoms with E-state index in [0.717, 1.165) is 19.3 Å². The molecular weight excluding hydrogens is 282 g/mol. The largest absolute Gasteiger partial charge is 0.240 e. The predicted octanol–water partition coefficient (Wildman–Crippen LogP) is 3.24. The lowest BCUT2D eigenvalue weighted by Gasteiger charge is -2.25. The highest BCUT2D eigenvalue weighted by molar-refractivity contribution is 7.93. The number of nitrogens with zero attached hydrogens (tertiary/aromatic N) is 1. The van der Waals surface area contributed by atoms with Crippen molar-refractivity contribution in [2.24, 2.45) is 0 Å². The first kappa shape index (κ1) is 16.3. The lowest BCUT2D eigenvalue weighted by Crippen LogP contribution is -2.35. The Labute approximate surface area is 121 Å². The summed E-state index contributed by atoms with van der Waals surface area (Å²) in [5.74, 6) is 5.46. The molecule has 1 unspecified atom stereocenters. The van der Waals surface area contributed by atoms with Gasteiger partial charge in [-0.3, -0.25) is 0 Å². The van der Waals surface area contributed by atoms with E-state index in [1.54, 1.807) is 13.1 Å². The van der Waals surface area contributed by atoms with Crippen LogP contribution >= 0.6 is 11.6 Å². The van der Waals surface area contributed by atoms with Gasteiger partial charge < -0.3 is 0 Å². The van der Waals surface area contributed by atoms with Gasteiger partial charge in [-0.15, -0.1) is 0 Å². The Balaban J connectivity index is 2.90. The van der Waals surface area contributed by atoms with E-state index in [9.17, 15) is 8.42 Å². The number of hydrogen-bond acceptors (Lipinski definition) is 2. The Morgan fingerprint density at radius 1 is 1.47 bits per heavy atom. The first-order valence-corrected chi connectivity index (χ1v) is 8.24. The Morgan fingerprint density at radius 2 is 2.16 bits per heavy atom. The van der Waals surface area contributed by atoms with Crippen molar-refractivity contribution in [1.82, 2.24) is 4.31 Å². The van der Waals surface area contributed by atoms with E-state index in [-0.39, 0.29) is 12.5 Å². The average Bonchev–Trinajstić information content (AvgIpc) is 2.60. The highest BCUT2D eigenvalue weighted by Crippen LogP contribution is 2.21. The molecule has 3 nitrogen and oxygen atoms in total. The van der Waals surface area contributed by atoms with Crippen molar-refractivity contribution >= 4 is 21.6 Å². The van der Waals surface area contributed by atoms with E-state index in [4.69, 9.17) is 11.6 Å². The second-order valence-electron chi connectivity index (χ2n) is 4.64. The molecule has 106 valence electrons. The molecule has 0 aromatic carbocycles. The molecule has 1 rings (SSSR count). The summed E-state index contributed by atoms with van der Waals surface area (Å²) >= 11 is 5.78. The molecular formula is C14H20ClNO2S. The molecule has 0 amide bonds. The van der Waals surface area contributed by atoms with Gasteiger partial charge in [-0.05, 0) is 25.5 Å². The highest BCUT2D eigenvalue weighted by atomic mass is 35.5. The minimum atomic E-state index is -3.45. The zero-order valence-electron chi connectivity index (χ0n) is 11.6.